The number of likely N-dealkylation sites (tertiary alicyclic amines) is 1. The Bertz CT molecular complexity index is 657. The fourth-order valence-corrected chi connectivity index (χ4v) is 3.84. The smallest absolute Gasteiger partial charge is 0.177 e. The minimum Gasteiger partial charge on any atom is -0.396 e. The number of aliphatic hydroxyl groups is 1. The number of aromatic nitrogens is 3. The molecule has 6 heteroatoms. The lowest BCUT2D eigenvalue weighted by Gasteiger charge is -2.31. The van der Waals surface area contributed by atoms with E-state index in [0.717, 1.165) is 41.0 Å². The van der Waals surface area contributed by atoms with Crippen LogP contribution in [0.4, 0.5) is 0 Å². The van der Waals surface area contributed by atoms with Crippen molar-refractivity contribution in [3.63, 3.8) is 0 Å². The molecule has 22 heavy (non-hydrogen) atoms. The number of imidazole rings is 1. The van der Waals surface area contributed by atoms with Crippen molar-refractivity contribution < 1.29 is 5.11 Å². The van der Waals surface area contributed by atoms with Gasteiger partial charge in [-0.15, -0.1) is 0 Å². The molecule has 2 aromatic heterocycles. The van der Waals surface area contributed by atoms with Crippen molar-refractivity contribution in [3.8, 4) is 0 Å². The summed E-state index contributed by atoms with van der Waals surface area (Å²) in [6.07, 6.45) is 5.07. The SMILES string of the molecule is Cc1nc2ncc(Br)cc2n1C[C@@H]1CCCN1C(C)CCO. The minimum absolute atomic E-state index is 0.258. The van der Waals surface area contributed by atoms with Crippen molar-refractivity contribution >= 4 is 27.1 Å². The highest BCUT2D eigenvalue weighted by Gasteiger charge is 2.29. The molecular formula is C16H23BrN4O. The van der Waals surface area contributed by atoms with Crippen LogP contribution < -0.4 is 0 Å². The molecule has 0 amide bonds. The lowest BCUT2D eigenvalue weighted by Crippen LogP contribution is -2.40. The molecule has 1 fully saturated rings. The summed E-state index contributed by atoms with van der Waals surface area (Å²) < 4.78 is 3.26. The van der Waals surface area contributed by atoms with Gasteiger partial charge < -0.3 is 9.67 Å². The molecule has 5 nitrogen and oxygen atoms in total. The van der Waals surface area contributed by atoms with E-state index in [-0.39, 0.29) is 6.61 Å². The quantitative estimate of drug-likeness (QED) is 0.883. The molecule has 0 aromatic carbocycles. The molecule has 2 atom stereocenters. The zero-order valence-electron chi connectivity index (χ0n) is 13.2. The van der Waals surface area contributed by atoms with Gasteiger partial charge in [0, 0.05) is 35.9 Å². The monoisotopic (exact) mass is 366 g/mol. The molecule has 0 saturated carbocycles. The molecule has 1 aliphatic heterocycles. The van der Waals surface area contributed by atoms with E-state index in [9.17, 15) is 5.11 Å². The molecule has 0 aliphatic carbocycles. The topological polar surface area (TPSA) is 54.2 Å². The van der Waals surface area contributed by atoms with Crippen molar-refractivity contribution in [1.82, 2.24) is 19.4 Å². The van der Waals surface area contributed by atoms with Gasteiger partial charge in [0.1, 0.15) is 5.82 Å². The number of rotatable bonds is 5. The Balaban J connectivity index is 1.86. The van der Waals surface area contributed by atoms with E-state index in [1.165, 1.54) is 12.8 Å². The highest BCUT2D eigenvalue weighted by Crippen LogP contribution is 2.26. The fraction of sp³-hybridized carbons (Fsp3) is 0.625. The number of halogens is 1. The van der Waals surface area contributed by atoms with Crippen LogP contribution >= 0.6 is 15.9 Å². The van der Waals surface area contributed by atoms with E-state index in [2.05, 4.69) is 48.4 Å². The van der Waals surface area contributed by atoms with Crippen molar-refractivity contribution in [2.75, 3.05) is 13.2 Å². The predicted octanol–water partition coefficient (Wildman–Crippen LogP) is 2.74. The maximum Gasteiger partial charge on any atom is 0.177 e. The van der Waals surface area contributed by atoms with E-state index >= 15 is 0 Å². The molecule has 3 heterocycles. The van der Waals surface area contributed by atoms with Gasteiger partial charge in [-0.2, -0.15) is 0 Å². The van der Waals surface area contributed by atoms with E-state index in [0.29, 0.717) is 12.1 Å². The zero-order valence-corrected chi connectivity index (χ0v) is 14.8. The fourth-order valence-electron chi connectivity index (χ4n) is 3.52. The van der Waals surface area contributed by atoms with Gasteiger partial charge in [0.15, 0.2) is 5.65 Å². The van der Waals surface area contributed by atoms with Crippen LogP contribution in [-0.4, -0.2) is 49.8 Å². The second kappa shape index (κ2) is 6.64. The summed E-state index contributed by atoms with van der Waals surface area (Å²) in [5.41, 5.74) is 1.90. The van der Waals surface area contributed by atoms with E-state index < -0.39 is 0 Å². The van der Waals surface area contributed by atoms with Crippen molar-refractivity contribution in [3.05, 3.63) is 22.6 Å². The summed E-state index contributed by atoms with van der Waals surface area (Å²) in [4.78, 5) is 11.5. The van der Waals surface area contributed by atoms with Gasteiger partial charge in [-0.25, -0.2) is 9.97 Å². The second-order valence-corrected chi connectivity index (χ2v) is 7.08. The summed E-state index contributed by atoms with van der Waals surface area (Å²) >= 11 is 3.50. The molecular weight excluding hydrogens is 344 g/mol. The van der Waals surface area contributed by atoms with Gasteiger partial charge in [-0.05, 0) is 61.7 Å². The third-order valence-electron chi connectivity index (χ3n) is 4.69. The molecule has 120 valence electrons. The number of hydrogen-bond acceptors (Lipinski definition) is 4. The Morgan fingerprint density at radius 3 is 3.09 bits per heavy atom. The van der Waals surface area contributed by atoms with Crippen LogP contribution in [0.25, 0.3) is 11.2 Å². The number of aliphatic hydroxyl groups excluding tert-OH is 1. The Morgan fingerprint density at radius 1 is 1.50 bits per heavy atom. The maximum absolute atomic E-state index is 9.20. The Labute approximate surface area is 139 Å². The van der Waals surface area contributed by atoms with Gasteiger partial charge in [0.05, 0.1) is 5.52 Å². The maximum atomic E-state index is 9.20. The molecule has 2 aromatic rings. The molecule has 0 bridgehead atoms. The number of fused-ring (bicyclic) bond motifs is 1. The molecule has 0 spiro atoms. The Morgan fingerprint density at radius 2 is 2.32 bits per heavy atom. The highest BCUT2D eigenvalue weighted by molar-refractivity contribution is 9.10. The van der Waals surface area contributed by atoms with Crippen LogP contribution in [0.1, 0.15) is 32.0 Å². The molecule has 1 unspecified atom stereocenters. The van der Waals surface area contributed by atoms with Crippen molar-refractivity contribution in [2.45, 2.75) is 51.7 Å². The predicted molar refractivity (Wildman–Crippen MR) is 90.9 cm³/mol. The first kappa shape index (κ1) is 15.9. The average molecular weight is 367 g/mol. The van der Waals surface area contributed by atoms with Crippen LogP contribution in [0.2, 0.25) is 0 Å². The van der Waals surface area contributed by atoms with Gasteiger partial charge in [0.2, 0.25) is 0 Å². The molecule has 0 radical (unpaired) electrons. The van der Waals surface area contributed by atoms with Crippen LogP contribution in [0.15, 0.2) is 16.7 Å². The number of hydrogen-bond donors (Lipinski definition) is 1. The van der Waals surface area contributed by atoms with Crippen molar-refractivity contribution in [2.24, 2.45) is 0 Å². The third-order valence-corrected chi connectivity index (χ3v) is 5.13. The summed E-state index contributed by atoms with van der Waals surface area (Å²) in [6.45, 7) is 6.58. The van der Waals surface area contributed by atoms with Crippen LogP contribution in [-0.2, 0) is 6.54 Å². The first-order valence-electron chi connectivity index (χ1n) is 7.95. The van der Waals surface area contributed by atoms with Gasteiger partial charge in [-0.1, -0.05) is 0 Å². The lowest BCUT2D eigenvalue weighted by molar-refractivity contribution is 0.145. The van der Waals surface area contributed by atoms with E-state index in [1.54, 1.807) is 6.20 Å². The first-order chi connectivity index (χ1) is 10.6. The summed E-state index contributed by atoms with van der Waals surface area (Å²) in [5.74, 6) is 1.02. The van der Waals surface area contributed by atoms with E-state index in [1.807, 2.05) is 6.92 Å². The lowest BCUT2D eigenvalue weighted by atomic mass is 10.1. The van der Waals surface area contributed by atoms with Crippen molar-refractivity contribution in [1.29, 1.82) is 0 Å². The average Bonchev–Trinajstić information content (AvgIpc) is 3.06. The Hall–Kier alpha value is -0.980. The molecule has 1 aliphatic rings. The summed E-state index contributed by atoms with van der Waals surface area (Å²) in [5, 5.41) is 9.20. The third kappa shape index (κ3) is 3.05. The minimum atomic E-state index is 0.258. The largest absolute Gasteiger partial charge is 0.396 e. The molecule has 1 saturated heterocycles. The van der Waals surface area contributed by atoms with E-state index in [4.69, 9.17) is 0 Å². The zero-order chi connectivity index (χ0) is 15.7. The summed E-state index contributed by atoms with van der Waals surface area (Å²) in [6, 6.07) is 3.03. The number of aryl methyl sites for hydroxylation is 1. The van der Waals surface area contributed by atoms with Gasteiger partial charge in [0.25, 0.3) is 0 Å². The van der Waals surface area contributed by atoms with Gasteiger partial charge >= 0.3 is 0 Å². The van der Waals surface area contributed by atoms with Crippen LogP contribution in [0.5, 0.6) is 0 Å². The molecule has 3 rings (SSSR count). The van der Waals surface area contributed by atoms with Gasteiger partial charge in [-0.3, -0.25) is 4.90 Å². The van der Waals surface area contributed by atoms with Crippen LogP contribution in [0.3, 0.4) is 0 Å². The summed E-state index contributed by atoms with van der Waals surface area (Å²) in [7, 11) is 0. The Kier molecular flexibility index (Phi) is 4.80. The standard InChI is InChI=1S/C16H23BrN4O/c1-11(5-7-22)20-6-3-4-14(20)10-21-12(2)19-16-15(21)8-13(17)9-18-16/h8-9,11,14,22H,3-7,10H2,1-2H3/t11?,14-/m0/s1. The normalized spacial score (nSPS) is 20.8. The highest BCUT2D eigenvalue weighted by atomic mass is 79.9. The first-order valence-corrected chi connectivity index (χ1v) is 8.74. The van der Waals surface area contributed by atoms with Crippen LogP contribution in [0, 0.1) is 6.92 Å². The molecule has 1 N–H and O–H groups in total. The second-order valence-electron chi connectivity index (χ2n) is 6.16. The number of nitrogens with zero attached hydrogens (tertiary/aromatic N) is 4. The number of pyridine rings is 1.